The van der Waals surface area contributed by atoms with Gasteiger partial charge in [-0.1, -0.05) is 0 Å². The number of hydrogen-bond acceptors (Lipinski definition) is 1. The molecule has 0 aliphatic carbocycles. The van der Waals surface area contributed by atoms with Gasteiger partial charge in [0.2, 0.25) is 0 Å². The average molecular weight is 215 g/mol. The molecule has 0 bridgehead atoms. The zero-order valence-corrected chi connectivity index (χ0v) is 8.27. The van der Waals surface area contributed by atoms with Gasteiger partial charge in [0.1, 0.15) is 5.82 Å². The van der Waals surface area contributed by atoms with Crippen molar-refractivity contribution in [3.8, 4) is 0 Å². The quantitative estimate of drug-likeness (QED) is 0.685. The summed E-state index contributed by atoms with van der Waals surface area (Å²) in [6.45, 7) is 2.17. The number of likely N-dealkylation sites (tertiary alicyclic amines) is 1. The molecule has 82 valence electrons. The van der Waals surface area contributed by atoms with Crippen molar-refractivity contribution in [2.45, 2.75) is 19.4 Å². The van der Waals surface area contributed by atoms with Gasteiger partial charge in [0.15, 0.2) is 11.6 Å². The lowest BCUT2D eigenvalue weighted by Gasteiger charge is -2.15. The molecule has 1 aliphatic rings. The van der Waals surface area contributed by atoms with Gasteiger partial charge < -0.3 is 0 Å². The molecule has 0 unspecified atom stereocenters. The number of nitrogens with zero attached hydrogens (tertiary/aromatic N) is 1. The molecular weight excluding hydrogens is 203 g/mol. The summed E-state index contributed by atoms with van der Waals surface area (Å²) in [5.41, 5.74) is 0.232. The van der Waals surface area contributed by atoms with Crippen molar-refractivity contribution in [3.05, 3.63) is 35.1 Å². The Balaban J connectivity index is 2.16. The lowest BCUT2D eigenvalue weighted by atomic mass is 10.2. The third-order valence-corrected chi connectivity index (χ3v) is 2.68. The number of rotatable bonds is 2. The smallest absolute Gasteiger partial charge is 0.161 e. The topological polar surface area (TPSA) is 3.24 Å². The fourth-order valence-electron chi connectivity index (χ4n) is 1.87. The molecule has 0 amide bonds. The van der Waals surface area contributed by atoms with E-state index in [1.165, 1.54) is 0 Å². The zero-order chi connectivity index (χ0) is 10.8. The monoisotopic (exact) mass is 215 g/mol. The molecule has 1 aromatic carbocycles. The fourth-order valence-corrected chi connectivity index (χ4v) is 1.87. The van der Waals surface area contributed by atoms with Gasteiger partial charge in [-0.3, -0.25) is 4.90 Å². The first-order valence-corrected chi connectivity index (χ1v) is 5.02. The van der Waals surface area contributed by atoms with Crippen molar-refractivity contribution in [3.63, 3.8) is 0 Å². The normalized spacial score (nSPS) is 17.3. The molecule has 1 saturated heterocycles. The Labute approximate surface area is 86.5 Å². The van der Waals surface area contributed by atoms with Crippen molar-refractivity contribution in [1.82, 2.24) is 4.90 Å². The summed E-state index contributed by atoms with van der Waals surface area (Å²) < 4.78 is 38.8. The summed E-state index contributed by atoms with van der Waals surface area (Å²) >= 11 is 0. The maximum absolute atomic E-state index is 13.3. The van der Waals surface area contributed by atoms with Gasteiger partial charge in [-0.05, 0) is 32.0 Å². The van der Waals surface area contributed by atoms with Gasteiger partial charge in [0.25, 0.3) is 0 Å². The van der Waals surface area contributed by atoms with E-state index >= 15 is 0 Å². The van der Waals surface area contributed by atoms with Crippen LogP contribution in [-0.2, 0) is 6.54 Å². The highest BCUT2D eigenvalue weighted by Gasteiger charge is 2.16. The van der Waals surface area contributed by atoms with E-state index in [-0.39, 0.29) is 5.56 Å². The summed E-state index contributed by atoms with van der Waals surface area (Å²) in [6.07, 6.45) is 2.18. The molecule has 2 rings (SSSR count). The predicted molar refractivity (Wildman–Crippen MR) is 50.8 cm³/mol. The maximum atomic E-state index is 13.3. The standard InChI is InChI=1S/C11H12F3N/c12-9-6-11(14)10(13)5-8(9)7-15-3-1-2-4-15/h5-6H,1-4,7H2. The fraction of sp³-hybridized carbons (Fsp3) is 0.455. The third-order valence-electron chi connectivity index (χ3n) is 2.68. The van der Waals surface area contributed by atoms with Gasteiger partial charge in [0, 0.05) is 18.2 Å². The Bertz CT molecular complexity index is 359. The van der Waals surface area contributed by atoms with Crippen LogP contribution < -0.4 is 0 Å². The number of hydrogen-bond donors (Lipinski definition) is 0. The van der Waals surface area contributed by atoms with E-state index in [1.54, 1.807) is 0 Å². The molecule has 0 N–H and O–H groups in total. The lowest BCUT2D eigenvalue weighted by Crippen LogP contribution is -2.19. The van der Waals surface area contributed by atoms with Crippen LogP contribution in [0, 0.1) is 17.5 Å². The van der Waals surface area contributed by atoms with Crippen LogP contribution in [0.25, 0.3) is 0 Å². The van der Waals surface area contributed by atoms with E-state index in [0.717, 1.165) is 32.0 Å². The Morgan fingerprint density at radius 2 is 1.53 bits per heavy atom. The molecule has 0 radical (unpaired) electrons. The van der Waals surface area contributed by atoms with Crippen LogP contribution in [0.5, 0.6) is 0 Å². The van der Waals surface area contributed by atoms with Crippen molar-refractivity contribution in [2.75, 3.05) is 13.1 Å². The summed E-state index contributed by atoms with van der Waals surface area (Å²) in [7, 11) is 0. The molecule has 0 saturated carbocycles. The Kier molecular flexibility index (Phi) is 2.95. The van der Waals surface area contributed by atoms with Crippen molar-refractivity contribution in [1.29, 1.82) is 0 Å². The van der Waals surface area contributed by atoms with Crippen LogP contribution in [0.2, 0.25) is 0 Å². The largest absolute Gasteiger partial charge is 0.299 e. The Morgan fingerprint density at radius 3 is 2.20 bits per heavy atom. The van der Waals surface area contributed by atoms with Crippen LogP contribution >= 0.6 is 0 Å². The van der Waals surface area contributed by atoms with Crippen LogP contribution in [0.1, 0.15) is 18.4 Å². The van der Waals surface area contributed by atoms with E-state index in [1.807, 2.05) is 4.90 Å². The van der Waals surface area contributed by atoms with Crippen molar-refractivity contribution >= 4 is 0 Å². The second kappa shape index (κ2) is 4.23. The molecular formula is C11H12F3N. The van der Waals surface area contributed by atoms with E-state index in [2.05, 4.69) is 0 Å². The third kappa shape index (κ3) is 2.31. The van der Waals surface area contributed by atoms with Gasteiger partial charge >= 0.3 is 0 Å². The zero-order valence-electron chi connectivity index (χ0n) is 8.27. The van der Waals surface area contributed by atoms with Crippen LogP contribution in [0.15, 0.2) is 12.1 Å². The predicted octanol–water partition coefficient (Wildman–Crippen LogP) is 2.70. The van der Waals surface area contributed by atoms with Crippen LogP contribution in [0.3, 0.4) is 0 Å². The molecule has 0 aromatic heterocycles. The first kappa shape index (κ1) is 10.5. The summed E-state index contributed by atoms with van der Waals surface area (Å²) in [6, 6.07) is 1.56. The van der Waals surface area contributed by atoms with E-state index in [0.29, 0.717) is 12.6 Å². The average Bonchev–Trinajstić information content (AvgIpc) is 2.67. The molecule has 1 fully saturated rings. The second-order valence-electron chi connectivity index (χ2n) is 3.84. The minimum atomic E-state index is -1.13. The van der Waals surface area contributed by atoms with Crippen LogP contribution in [-0.4, -0.2) is 18.0 Å². The van der Waals surface area contributed by atoms with E-state index in [4.69, 9.17) is 0 Å². The first-order valence-electron chi connectivity index (χ1n) is 5.02. The van der Waals surface area contributed by atoms with E-state index < -0.39 is 17.5 Å². The Morgan fingerprint density at radius 1 is 0.933 bits per heavy atom. The highest BCUT2D eigenvalue weighted by atomic mass is 19.2. The minimum absolute atomic E-state index is 0.232. The molecule has 0 spiro atoms. The van der Waals surface area contributed by atoms with E-state index in [9.17, 15) is 13.2 Å². The minimum Gasteiger partial charge on any atom is -0.299 e. The van der Waals surface area contributed by atoms with Gasteiger partial charge in [-0.2, -0.15) is 0 Å². The highest BCUT2D eigenvalue weighted by Crippen LogP contribution is 2.18. The molecule has 1 heterocycles. The molecule has 4 heteroatoms. The number of halogens is 3. The molecule has 1 nitrogen and oxygen atoms in total. The maximum Gasteiger partial charge on any atom is 0.161 e. The number of benzene rings is 1. The lowest BCUT2D eigenvalue weighted by molar-refractivity contribution is 0.323. The van der Waals surface area contributed by atoms with Gasteiger partial charge in [0.05, 0.1) is 0 Å². The molecule has 0 atom stereocenters. The summed E-state index contributed by atoms with van der Waals surface area (Å²) in [5.74, 6) is -2.77. The van der Waals surface area contributed by atoms with Crippen molar-refractivity contribution in [2.24, 2.45) is 0 Å². The van der Waals surface area contributed by atoms with Gasteiger partial charge in [-0.15, -0.1) is 0 Å². The van der Waals surface area contributed by atoms with Gasteiger partial charge in [-0.25, -0.2) is 13.2 Å². The highest BCUT2D eigenvalue weighted by molar-refractivity contribution is 5.20. The molecule has 1 aliphatic heterocycles. The summed E-state index contributed by atoms with van der Waals surface area (Å²) in [4.78, 5) is 2.04. The SMILES string of the molecule is Fc1cc(F)c(CN2CCCC2)cc1F. The van der Waals surface area contributed by atoms with Crippen molar-refractivity contribution < 1.29 is 13.2 Å². The first-order chi connectivity index (χ1) is 7.16. The molecule has 1 aromatic rings. The summed E-state index contributed by atoms with van der Waals surface area (Å²) in [5, 5.41) is 0. The second-order valence-corrected chi connectivity index (χ2v) is 3.84. The Hall–Kier alpha value is -1.03. The van der Waals surface area contributed by atoms with Crippen LogP contribution in [0.4, 0.5) is 13.2 Å². The molecule has 15 heavy (non-hydrogen) atoms.